The smallest absolute Gasteiger partial charge is 0.264 e. The predicted molar refractivity (Wildman–Crippen MR) is 123 cm³/mol. The number of carbonyl (C=O) groups is 2. The van der Waals surface area contributed by atoms with Crippen LogP contribution >= 0.6 is 11.3 Å². The molecule has 2 aromatic rings. The minimum absolute atomic E-state index is 0.0685. The number of hydrogen-bond acceptors (Lipinski definition) is 6. The molecule has 2 amide bonds. The van der Waals surface area contributed by atoms with Gasteiger partial charge in [0.2, 0.25) is 5.91 Å². The number of hydrogen-bond donors (Lipinski definition) is 0. The maximum atomic E-state index is 12.8. The Bertz CT molecular complexity index is 875. The Morgan fingerprint density at radius 3 is 2.39 bits per heavy atom. The molecule has 0 N–H and O–H groups in total. The van der Waals surface area contributed by atoms with Gasteiger partial charge in [-0.3, -0.25) is 14.5 Å². The third-order valence-corrected chi connectivity index (χ3v) is 6.70. The van der Waals surface area contributed by atoms with Crippen molar-refractivity contribution in [1.82, 2.24) is 14.7 Å². The molecule has 4 rings (SSSR count). The number of thiophene rings is 1. The highest BCUT2D eigenvalue weighted by Crippen LogP contribution is 2.23. The van der Waals surface area contributed by atoms with Crippen LogP contribution in [0.4, 0.5) is 5.69 Å². The molecule has 2 aliphatic rings. The van der Waals surface area contributed by atoms with Gasteiger partial charge in [-0.1, -0.05) is 24.3 Å². The minimum Gasteiger partial charge on any atom is -0.378 e. The van der Waals surface area contributed by atoms with Crippen LogP contribution in [0.15, 0.2) is 41.8 Å². The Labute approximate surface area is 187 Å². The van der Waals surface area contributed by atoms with Gasteiger partial charge in [0.05, 0.1) is 24.6 Å². The molecule has 1 aromatic carbocycles. The summed E-state index contributed by atoms with van der Waals surface area (Å²) in [6.07, 6.45) is 0. The zero-order chi connectivity index (χ0) is 21.6. The van der Waals surface area contributed by atoms with E-state index in [4.69, 9.17) is 4.74 Å². The summed E-state index contributed by atoms with van der Waals surface area (Å²) < 4.78 is 5.48. The predicted octanol–water partition coefficient (Wildman–Crippen LogP) is 2.00. The maximum absolute atomic E-state index is 12.8. The molecule has 0 atom stereocenters. The Morgan fingerprint density at radius 2 is 1.68 bits per heavy atom. The summed E-state index contributed by atoms with van der Waals surface area (Å²) in [6, 6.07) is 12.2. The van der Waals surface area contributed by atoms with E-state index in [0.29, 0.717) is 32.7 Å². The van der Waals surface area contributed by atoms with Crippen LogP contribution < -0.4 is 4.90 Å². The molecule has 0 aliphatic carbocycles. The number of amides is 2. The number of rotatable bonds is 6. The van der Waals surface area contributed by atoms with Gasteiger partial charge >= 0.3 is 0 Å². The first-order chi connectivity index (χ1) is 15.1. The molecule has 0 spiro atoms. The number of morpholine rings is 1. The quantitative estimate of drug-likeness (QED) is 0.685. The largest absolute Gasteiger partial charge is 0.378 e. The van der Waals surface area contributed by atoms with Crippen LogP contribution in [-0.4, -0.2) is 92.6 Å². The van der Waals surface area contributed by atoms with E-state index in [1.165, 1.54) is 22.6 Å². The van der Waals surface area contributed by atoms with Crippen LogP contribution in [0.1, 0.15) is 15.2 Å². The molecule has 3 heterocycles. The first-order valence-electron chi connectivity index (χ1n) is 10.8. The number of piperazine rings is 1. The van der Waals surface area contributed by atoms with E-state index < -0.39 is 0 Å². The zero-order valence-electron chi connectivity index (χ0n) is 18.0. The van der Waals surface area contributed by atoms with Gasteiger partial charge in [0.15, 0.2) is 0 Å². The summed E-state index contributed by atoms with van der Waals surface area (Å²) in [5, 5.41) is 1.92. The molecule has 8 heteroatoms. The third kappa shape index (κ3) is 5.44. The number of likely N-dealkylation sites (N-methyl/N-ethyl adjacent to an activating group) is 1. The summed E-state index contributed by atoms with van der Waals surface area (Å²) in [5.41, 5.74) is 2.46. The summed E-state index contributed by atoms with van der Waals surface area (Å²) in [7, 11) is 1.99. The molecule has 31 heavy (non-hydrogen) atoms. The van der Waals surface area contributed by atoms with E-state index in [1.807, 2.05) is 34.4 Å². The number of anilines is 1. The first kappa shape index (κ1) is 21.8. The van der Waals surface area contributed by atoms with Crippen molar-refractivity contribution in [2.75, 3.05) is 71.0 Å². The summed E-state index contributed by atoms with van der Waals surface area (Å²) in [6.45, 7) is 6.75. The van der Waals surface area contributed by atoms with Crippen molar-refractivity contribution in [3.63, 3.8) is 0 Å². The van der Waals surface area contributed by atoms with E-state index in [1.54, 1.807) is 0 Å². The van der Waals surface area contributed by atoms with Gasteiger partial charge in [-0.2, -0.15) is 0 Å². The van der Waals surface area contributed by atoms with Gasteiger partial charge in [-0.05, 0) is 30.1 Å². The van der Waals surface area contributed by atoms with Gasteiger partial charge in [-0.15, -0.1) is 11.3 Å². The number of nitrogens with zero attached hydrogens (tertiary/aromatic N) is 4. The molecular weight excluding hydrogens is 412 g/mol. The highest BCUT2D eigenvalue weighted by atomic mass is 32.1. The standard InChI is InChI=1S/C23H30N4O3S/c1-24(17-19-5-2-3-6-20(19)25-12-14-30-15-13-25)18-22(28)26-8-10-27(11-9-26)23(29)21-7-4-16-31-21/h2-7,16H,8-15,17-18H2,1H3. The van der Waals surface area contributed by atoms with Gasteiger partial charge < -0.3 is 19.4 Å². The second-order valence-electron chi connectivity index (χ2n) is 8.05. The van der Waals surface area contributed by atoms with E-state index in [9.17, 15) is 9.59 Å². The van der Waals surface area contributed by atoms with E-state index in [-0.39, 0.29) is 11.8 Å². The molecule has 1 aromatic heterocycles. The Balaban J connectivity index is 1.28. The van der Waals surface area contributed by atoms with E-state index in [0.717, 1.165) is 37.7 Å². The molecule has 0 unspecified atom stereocenters. The van der Waals surface area contributed by atoms with Crippen molar-refractivity contribution >= 4 is 28.8 Å². The second-order valence-corrected chi connectivity index (χ2v) is 9.00. The molecule has 2 saturated heterocycles. The number of ether oxygens (including phenoxy) is 1. The first-order valence-corrected chi connectivity index (χ1v) is 11.7. The fraction of sp³-hybridized carbons (Fsp3) is 0.478. The maximum Gasteiger partial charge on any atom is 0.264 e. The van der Waals surface area contributed by atoms with E-state index in [2.05, 4.69) is 34.1 Å². The fourth-order valence-corrected chi connectivity index (χ4v) is 4.84. The normalized spacial score (nSPS) is 17.3. The van der Waals surface area contributed by atoms with Gasteiger partial charge in [-0.25, -0.2) is 0 Å². The highest BCUT2D eigenvalue weighted by Gasteiger charge is 2.26. The monoisotopic (exact) mass is 442 g/mol. The third-order valence-electron chi connectivity index (χ3n) is 5.84. The van der Waals surface area contributed by atoms with Crippen LogP contribution in [0.25, 0.3) is 0 Å². The van der Waals surface area contributed by atoms with Crippen molar-refractivity contribution in [2.45, 2.75) is 6.54 Å². The average Bonchev–Trinajstić information content (AvgIpc) is 3.34. The SMILES string of the molecule is CN(CC(=O)N1CCN(C(=O)c2cccs2)CC1)Cc1ccccc1N1CCOCC1. The lowest BCUT2D eigenvalue weighted by atomic mass is 10.1. The summed E-state index contributed by atoms with van der Waals surface area (Å²) >= 11 is 1.46. The summed E-state index contributed by atoms with van der Waals surface area (Å²) in [5.74, 6) is 0.188. The Kier molecular flexibility index (Phi) is 7.21. The van der Waals surface area contributed by atoms with Gasteiger partial charge in [0, 0.05) is 51.5 Å². The lowest BCUT2D eigenvalue weighted by Crippen LogP contribution is -2.52. The summed E-state index contributed by atoms with van der Waals surface area (Å²) in [4.78, 5) is 34.3. The molecule has 0 bridgehead atoms. The molecule has 2 fully saturated rings. The molecule has 2 aliphatic heterocycles. The van der Waals surface area contributed by atoms with Crippen LogP contribution in [0.3, 0.4) is 0 Å². The van der Waals surface area contributed by atoms with Gasteiger partial charge in [0.25, 0.3) is 5.91 Å². The number of carbonyl (C=O) groups excluding carboxylic acids is 2. The Morgan fingerprint density at radius 1 is 0.968 bits per heavy atom. The minimum atomic E-state index is 0.0685. The molecule has 0 radical (unpaired) electrons. The van der Waals surface area contributed by atoms with Crippen LogP contribution in [-0.2, 0) is 16.1 Å². The lowest BCUT2D eigenvalue weighted by Gasteiger charge is -2.35. The second kappa shape index (κ2) is 10.3. The van der Waals surface area contributed by atoms with Crippen molar-refractivity contribution in [2.24, 2.45) is 0 Å². The average molecular weight is 443 g/mol. The molecular formula is C23H30N4O3S. The van der Waals surface area contributed by atoms with Crippen LogP contribution in [0.5, 0.6) is 0 Å². The van der Waals surface area contributed by atoms with Crippen LogP contribution in [0.2, 0.25) is 0 Å². The van der Waals surface area contributed by atoms with E-state index >= 15 is 0 Å². The Hall–Kier alpha value is -2.42. The van der Waals surface area contributed by atoms with Gasteiger partial charge in [0.1, 0.15) is 0 Å². The van der Waals surface area contributed by atoms with Crippen molar-refractivity contribution in [1.29, 1.82) is 0 Å². The molecule has 7 nitrogen and oxygen atoms in total. The molecule has 166 valence electrons. The highest BCUT2D eigenvalue weighted by molar-refractivity contribution is 7.12. The molecule has 0 saturated carbocycles. The number of para-hydroxylation sites is 1. The van der Waals surface area contributed by atoms with Crippen molar-refractivity contribution < 1.29 is 14.3 Å². The fourth-order valence-electron chi connectivity index (χ4n) is 4.15. The topological polar surface area (TPSA) is 56.3 Å². The van der Waals surface area contributed by atoms with Crippen LogP contribution in [0, 0.1) is 0 Å². The van der Waals surface area contributed by atoms with Crippen molar-refractivity contribution in [3.8, 4) is 0 Å². The van der Waals surface area contributed by atoms with Crippen molar-refractivity contribution in [3.05, 3.63) is 52.2 Å². The zero-order valence-corrected chi connectivity index (χ0v) is 18.9. The lowest BCUT2D eigenvalue weighted by molar-refractivity contribution is -0.133. The number of benzene rings is 1.